The number of fused-ring (bicyclic) bond motifs is 1. The second-order valence-electron chi connectivity index (χ2n) is 6.10. The Hall–Kier alpha value is -1.55. The van der Waals surface area contributed by atoms with Crippen molar-refractivity contribution in [1.29, 1.82) is 0 Å². The number of aromatic nitrogens is 1. The van der Waals surface area contributed by atoms with Gasteiger partial charge in [-0.2, -0.15) is 0 Å². The molecule has 0 bridgehead atoms. The topological polar surface area (TPSA) is 59.0 Å². The second kappa shape index (κ2) is 10.7. The summed E-state index contributed by atoms with van der Waals surface area (Å²) in [5.41, 5.74) is 1.16. The van der Waals surface area contributed by atoms with Crippen LogP contribution >= 0.6 is 35.3 Å². The second-order valence-corrected chi connectivity index (χ2v) is 7.30. The minimum absolute atomic E-state index is 0. The molecule has 2 heterocycles. The zero-order valence-electron chi connectivity index (χ0n) is 16.0. The van der Waals surface area contributed by atoms with E-state index in [9.17, 15) is 0 Å². The number of halogens is 1. The third-order valence-electron chi connectivity index (χ3n) is 4.09. The average Bonchev–Trinajstić information content (AvgIpc) is 3.29. The number of ether oxygens (including phenoxy) is 2. The van der Waals surface area contributed by atoms with Gasteiger partial charge in [0.15, 0.2) is 17.5 Å². The Labute approximate surface area is 182 Å². The molecular formula is C19H27IN4O2S. The first-order valence-electron chi connectivity index (χ1n) is 9.01. The molecule has 0 atom stereocenters. The van der Waals surface area contributed by atoms with Gasteiger partial charge in [0.2, 0.25) is 6.79 Å². The molecule has 0 saturated heterocycles. The summed E-state index contributed by atoms with van der Waals surface area (Å²) in [6, 6.07) is 6.06. The number of thiazole rings is 1. The molecule has 8 heteroatoms. The summed E-state index contributed by atoms with van der Waals surface area (Å²) in [5.74, 6) is 2.53. The molecule has 3 rings (SSSR count). The molecule has 1 aliphatic rings. The fourth-order valence-corrected chi connectivity index (χ4v) is 3.59. The van der Waals surface area contributed by atoms with Gasteiger partial charge in [-0.3, -0.25) is 4.99 Å². The van der Waals surface area contributed by atoms with Crippen LogP contribution in [-0.4, -0.2) is 42.8 Å². The van der Waals surface area contributed by atoms with E-state index in [1.807, 2.05) is 25.4 Å². The molecule has 0 spiro atoms. The number of benzene rings is 1. The molecule has 0 radical (unpaired) electrons. The van der Waals surface area contributed by atoms with Crippen molar-refractivity contribution >= 4 is 41.3 Å². The van der Waals surface area contributed by atoms with Crippen LogP contribution in [0.3, 0.4) is 0 Å². The van der Waals surface area contributed by atoms with Gasteiger partial charge in [-0.25, -0.2) is 4.98 Å². The summed E-state index contributed by atoms with van der Waals surface area (Å²) in [5, 5.41) is 4.51. The fraction of sp³-hybridized carbons (Fsp3) is 0.474. The normalized spacial score (nSPS) is 12.6. The molecule has 0 amide bonds. The highest BCUT2D eigenvalue weighted by atomic mass is 127. The van der Waals surface area contributed by atoms with Crippen molar-refractivity contribution in [2.24, 2.45) is 4.99 Å². The largest absolute Gasteiger partial charge is 0.454 e. The van der Waals surface area contributed by atoms with E-state index in [0.717, 1.165) is 60.5 Å². The van der Waals surface area contributed by atoms with Crippen molar-refractivity contribution in [3.8, 4) is 11.5 Å². The molecule has 1 aromatic heterocycles. The maximum atomic E-state index is 5.46. The van der Waals surface area contributed by atoms with Crippen LogP contribution in [0.5, 0.6) is 11.5 Å². The van der Waals surface area contributed by atoms with Crippen LogP contribution in [0.4, 0.5) is 0 Å². The van der Waals surface area contributed by atoms with E-state index in [4.69, 9.17) is 14.5 Å². The Morgan fingerprint density at radius 2 is 2.11 bits per heavy atom. The molecule has 0 saturated carbocycles. The molecule has 27 heavy (non-hydrogen) atoms. The van der Waals surface area contributed by atoms with E-state index in [1.165, 1.54) is 4.88 Å². The lowest BCUT2D eigenvalue weighted by atomic mass is 10.2. The number of hydrogen-bond acceptors (Lipinski definition) is 5. The van der Waals surface area contributed by atoms with E-state index in [0.29, 0.717) is 6.79 Å². The summed E-state index contributed by atoms with van der Waals surface area (Å²) in [6.45, 7) is 6.85. The summed E-state index contributed by atoms with van der Waals surface area (Å²) < 4.78 is 10.8. The van der Waals surface area contributed by atoms with Gasteiger partial charge >= 0.3 is 0 Å². The van der Waals surface area contributed by atoms with Gasteiger partial charge in [0.1, 0.15) is 0 Å². The highest BCUT2D eigenvalue weighted by Gasteiger charge is 2.14. The minimum Gasteiger partial charge on any atom is -0.454 e. The zero-order chi connectivity index (χ0) is 18.4. The quantitative estimate of drug-likeness (QED) is 0.356. The molecule has 6 nitrogen and oxygen atoms in total. The maximum Gasteiger partial charge on any atom is 0.231 e. The lowest BCUT2D eigenvalue weighted by molar-refractivity contribution is 0.174. The summed E-state index contributed by atoms with van der Waals surface area (Å²) >= 11 is 1.78. The van der Waals surface area contributed by atoms with Crippen LogP contribution in [0.1, 0.15) is 29.3 Å². The van der Waals surface area contributed by atoms with Gasteiger partial charge in [0, 0.05) is 44.2 Å². The minimum atomic E-state index is 0. The van der Waals surface area contributed by atoms with Crippen molar-refractivity contribution in [2.75, 3.05) is 26.9 Å². The van der Waals surface area contributed by atoms with Crippen molar-refractivity contribution in [1.82, 2.24) is 15.2 Å². The number of guanidine groups is 1. The number of rotatable bonds is 7. The lowest BCUT2D eigenvalue weighted by Gasteiger charge is -2.22. The third-order valence-corrected chi connectivity index (χ3v) is 5.29. The van der Waals surface area contributed by atoms with Crippen LogP contribution in [0, 0.1) is 0 Å². The molecule has 148 valence electrons. The first kappa shape index (κ1) is 21.7. The van der Waals surface area contributed by atoms with E-state index in [2.05, 4.69) is 35.1 Å². The molecule has 1 N–H and O–H groups in total. The number of aryl methyl sites for hydroxylation is 1. The highest BCUT2D eigenvalue weighted by molar-refractivity contribution is 14.0. The highest BCUT2D eigenvalue weighted by Crippen LogP contribution is 2.32. The third kappa shape index (κ3) is 5.97. The Morgan fingerprint density at radius 3 is 2.85 bits per heavy atom. The van der Waals surface area contributed by atoms with Gasteiger partial charge in [-0.15, -0.1) is 35.3 Å². The monoisotopic (exact) mass is 502 g/mol. The Bertz CT molecular complexity index is 766. The molecule has 1 aromatic carbocycles. The Morgan fingerprint density at radius 1 is 1.30 bits per heavy atom. The zero-order valence-corrected chi connectivity index (χ0v) is 19.2. The lowest BCUT2D eigenvalue weighted by Crippen LogP contribution is -2.38. The van der Waals surface area contributed by atoms with E-state index in [-0.39, 0.29) is 24.0 Å². The van der Waals surface area contributed by atoms with Crippen molar-refractivity contribution in [3.63, 3.8) is 0 Å². The summed E-state index contributed by atoms with van der Waals surface area (Å²) in [4.78, 5) is 12.7. The Kier molecular flexibility index (Phi) is 8.62. The fourth-order valence-electron chi connectivity index (χ4n) is 2.74. The molecule has 0 aliphatic carbocycles. The predicted octanol–water partition coefficient (Wildman–Crippen LogP) is 3.69. The molecule has 0 unspecified atom stereocenters. The first-order valence-corrected chi connectivity index (χ1v) is 9.82. The average molecular weight is 502 g/mol. The summed E-state index contributed by atoms with van der Waals surface area (Å²) in [6.07, 6.45) is 3.89. The van der Waals surface area contributed by atoms with Crippen molar-refractivity contribution in [3.05, 3.63) is 39.8 Å². The van der Waals surface area contributed by atoms with Crippen LogP contribution in [0.25, 0.3) is 0 Å². The van der Waals surface area contributed by atoms with E-state index in [1.54, 1.807) is 11.3 Å². The molecule has 0 fully saturated rings. The number of aliphatic imine (C=N–C) groups is 1. The molecule has 1 aliphatic heterocycles. The van der Waals surface area contributed by atoms with Gasteiger partial charge in [-0.05, 0) is 31.0 Å². The van der Waals surface area contributed by atoms with Crippen LogP contribution in [0.15, 0.2) is 29.4 Å². The van der Waals surface area contributed by atoms with Crippen LogP contribution in [0.2, 0.25) is 0 Å². The maximum absolute atomic E-state index is 5.46. The van der Waals surface area contributed by atoms with Gasteiger partial charge in [0.25, 0.3) is 0 Å². The van der Waals surface area contributed by atoms with Gasteiger partial charge in [0.05, 0.1) is 5.01 Å². The van der Waals surface area contributed by atoms with Gasteiger partial charge in [-0.1, -0.05) is 13.0 Å². The first-order chi connectivity index (χ1) is 12.7. The number of nitrogens with zero attached hydrogens (tertiary/aromatic N) is 3. The van der Waals surface area contributed by atoms with Crippen molar-refractivity contribution < 1.29 is 9.47 Å². The Balaban J connectivity index is 0.00000261. The smallest absolute Gasteiger partial charge is 0.231 e. The van der Waals surface area contributed by atoms with Crippen LogP contribution < -0.4 is 14.8 Å². The molecular weight excluding hydrogens is 475 g/mol. The van der Waals surface area contributed by atoms with E-state index >= 15 is 0 Å². The van der Waals surface area contributed by atoms with Crippen LogP contribution in [-0.2, 0) is 19.4 Å². The predicted molar refractivity (Wildman–Crippen MR) is 121 cm³/mol. The summed E-state index contributed by atoms with van der Waals surface area (Å²) in [7, 11) is 2.05. The molecule has 2 aromatic rings. The van der Waals surface area contributed by atoms with Gasteiger partial charge < -0.3 is 19.7 Å². The SMILES string of the molecule is CCNC(=NCCc1ncc(CC)s1)N(C)Cc1ccc2c(c1)OCO2.I. The van der Waals surface area contributed by atoms with E-state index < -0.39 is 0 Å². The standard InChI is InChI=1S/C19H26N4O2S.HI/c1-4-15-11-22-18(26-15)8-9-21-19(20-5-2)23(3)12-14-6-7-16-17(10-14)25-13-24-16;/h6-7,10-11H,4-5,8-9,12-13H2,1-3H3,(H,20,21);1H. The number of hydrogen-bond donors (Lipinski definition) is 1. The van der Waals surface area contributed by atoms with Crippen molar-refractivity contribution in [2.45, 2.75) is 33.2 Å². The number of nitrogens with one attached hydrogen (secondary N) is 1.